The number of halogens is 2. The zero-order valence-electron chi connectivity index (χ0n) is 11.1. The van der Waals surface area contributed by atoms with Crippen molar-refractivity contribution in [1.82, 2.24) is 9.78 Å². The summed E-state index contributed by atoms with van der Waals surface area (Å²) < 4.78 is 3.94. The highest BCUT2D eigenvalue weighted by Gasteiger charge is 2.18. The fourth-order valence-electron chi connectivity index (χ4n) is 2.12. The van der Waals surface area contributed by atoms with Crippen LogP contribution in [0.2, 0.25) is 0 Å². The number of aliphatic hydroxyl groups excluding tert-OH is 1. The quantitative estimate of drug-likeness (QED) is 0.748. The minimum atomic E-state index is -0.516. The van der Waals surface area contributed by atoms with Gasteiger partial charge in [-0.1, -0.05) is 18.2 Å². The first kappa shape index (κ1) is 15.0. The summed E-state index contributed by atoms with van der Waals surface area (Å²) in [5.41, 5.74) is 4.13. The van der Waals surface area contributed by atoms with Gasteiger partial charge < -0.3 is 5.11 Å². The van der Waals surface area contributed by atoms with Crippen LogP contribution >= 0.6 is 38.5 Å². The maximum absolute atomic E-state index is 10.5. The average molecular weight is 435 g/mol. The van der Waals surface area contributed by atoms with Gasteiger partial charge >= 0.3 is 0 Å². The van der Waals surface area contributed by atoms with Gasteiger partial charge in [0.15, 0.2) is 0 Å². The second-order valence-electron chi connectivity index (χ2n) is 4.67. The van der Waals surface area contributed by atoms with Crippen molar-refractivity contribution in [3.63, 3.8) is 0 Å². The molecule has 1 N–H and O–H groups in total. The monoisotopic (exact) mass is 434 g/mol. The molecule has 3 nitrogen and oxygen atoms in total. The summed E-state index contributed by atoms with van der Waals surface area (Å²) in [6.07, 6.45) is 0.0371. The molecule has 2 aromatic rings. The molecule has 1 aromatic heterocycles. The highest BCUT2D eigenvalue weighted by Crippen LogP contribution is 2.29. The lowest BCUT2D eigenvalue weighted by Gasteiger charge is -2.15. The normalized spacial score (nSPS) is 12.7. The predicted octanol–water partition coefficient (Wildman–Crippen LogP) is 3.68. The molecule has 0 bridgehead atoms. The van der Waals surface area contributed by atoms with Gasteiger partial charge in [0.25, 0.3) is 0 Å². The molecule has 0 radical (unpaired) electrons. The number of hydrogen-bond acceptors (Lipinski definition) is 2. The van der Waals surface area contributed by atoms with E-state index in [1.165, 1.54) is 5.56 Å². The fourth-order valence-corrected chi connectivity index (χ4v) is 3.34. The Hall–Kier alpha value is -0.400. The number of nitrogens with zero attached hydrogens (tertiary/aromatic N) is 2. The van der Waals surface area contributed by atoms with E-state index in [4.69, 9.17) is 0 Å². The van der Waals surface area contributed by atoms with Crippen LogP contribution in [0.1, 0.15) is 28.6 Å². The predicted molar refractivity (Wildman–Crippen MR) is 88.2 cm³/mol. The summed E-state index contributed by atoms with van der Waals surface area (Å²) in [5, 5.41) is 14.8. The standard InChI is InChI=1S/C14H16BrIN2O/c1-8-5-4-6-10(14(8)16)12(19)7-11-13(15)9(2)17-18(11)3/h4-6,12,19H,7H2,1-3H3. The minimum Gasteiger partial charge on any atom is -0.388 e. The van der Waals surface area contributed by atoms with Crippen LogP contribution in [-0.2, 0) is 13.5 Å². The number of rotatable bonds is 3. The van der Waals surface area contributed by atoms with Gasteiger partial charge in [-0.25, -0.2) is 0 Å². The van der Waals surface area contributed by atoms with Crippen LogP contribution in [0.4, 0.5) is 0 Å². The summed E-state index contributed by atoms with van der Waals surface area (Å²) in [4.78, 5) is 0. The van der Waals surface area contributed by atoms with Gasteiger partial charge in [0.2, 0.25) is 0 Å². The van der Waals surface area contributed by atoms with E-state index in [2.05, 4.69) is 56.6 Å². The molecule has 1 unspecified atom stereocenters. The second-order valence-corrected chi connectivity index (χ2v) is 6.54. The largest absolute Gasteiger partial charge is 0.388 e. The molecular weight excluding hydrogens is 419 g/mol. The molecule has 0 amide bonds. The highest BCUT2D eigenvalue weighted by molar-refractivity contribution is 14.1. The molecule has 2 rings (SSSR count). The zero-order valence-corrected chi connectivity index (χ0v) is 14.9. The van der Waals surface area contributed by atoms with E-state index in [1.54, 1.807) is 0 Å². The Morgan fingerprint density at radius 3 is 2.68 bits per heavy atom. The van der Waals surface area contributed by atoms with Crippen LogP contribution in [-0.4, -0.2) is 14.9 Å². The molecule has 0 fully saturated rings. The van der Waals surface area contributed by atoms with Crippen molar-refractivity contribution in [3.05, 3.63) is 48.8 Å². The SMILES string of the molecule is Cc1cccc(C(O)Cc2c(Br)c(C)nn2C)c1I. The van der Waals surface area contributed by atoms with E-state index in [0.717, 1.165) is 25.0 Å². The number of hydrogen-bond donors (Lipinski definition) is 1. The molecule has 1 aromatic carbocycles. The second kappa shape index (κ2) is 5.93. The molecule has 0 aliphatic heterocycles. The van der Waals surface area contributed by atoms with E-state index in [0.29, 0.717) is 6.42 Å². The van der Waals surface area contributed by atoms with E-state index < -0.39 is 6.10 Å². The molecule has 1 atom stereocenters. The summed E-state index contributed by atoms with van der Waals surface area (Å²) >= 11 is 5.83. The van der Waals surface area contributed by atoms with Gasteiger partial charge in [0, 0.05) is 17.0 Å². The lowest BCUT2D eigenvalue weighted by atomic mass is 10.0. The third-order valence-electron chi connectivity index (χ3n) is 3.23. The number of aromatic nitrogens is 2. The molecule has 102 valence electrons. The topological polar surface area (TPSA) is 38.1 Å². The van der Waals surface area contributed by atoms with Gasteiger partial charge in [0.05, 0.1) is 22.0 Å². The number of benzene rings is 1. The first-order chi connectivity index (χ1) is 8.91. The average Bonchev–Trinajstić information content (AvgIpc) is 2.59. The molecule has 0 aliphatic carbocycles. The molecule has 0 saturated carbocycles. The molecule has 19 heavy (non-hydrogen) atoms. The van der Waals surface area contributed by atoms with Crippen molar-refractivity contribution in [2.75, 3.05) is 0 Å². The van der Waals surface area contributed by atoms with E-state index in [-0.39, 0.29) is 0 Å². The van der Waals surface area contributed by atoms with Crippen LogP contribution in [0.15, 0.2) is 22.7 Å². The van der Waals surface area contributed by atoms with Crippen molar-refractivity contribution in [2.24, 2.45) is 7.05 Å². The van der Waals surface area contributed by atoms with Crippen molar-refractivity contribution in [1.29, 1.82) is 0 Å². The Bertz CT molecular complexity index is 610. The van der Waals surface area contributed by atoms with E-state index >= 15 is 0 Å². The van der Waals surface area contributed by atoms with Crippen LogP contribution in [0.25, 0.3) is 0 Å². The third kappa shape index (κ3) is 3.03. The molecule has 5 heteroatoms. The maximum Gasteiger partial charge on any atom is 0.0856 e. The Morgan fingerprint density at radius 2 is 2.11 bits per heavy atom. The molecule has 0 aliphatic rings. The fraction of sp³-hybridized carbons (Fsp3) is 0.357. The van der Waals surface area contributed by atoms with Crippen molar-refractivity contribution in [3.8, 4) is 0 Å². The first-order valence-corrected chi connectivity index (χ1v) is 7.90. The van der Waals surface area contributed by atoms with Gasteiger partial charge in [-0.3, -0.25) is 4.68 Å². The van der Waals surface area contributed by atoms with Crippen LogP contribution in [0.3, 0.4) is 0 Å². The minimum absolute atomic E-state index is 0.516. The van der Waals surface area contributed by atoms with Crippen LogP contribution < -0.4 is 0 Å². The Balaban J connectivity index is 2.31. The third-order valence-corrected chi connectivity index (χ3v) is 5.73. The number of aliphatic hydroxyl groups is 1. The van der Waals surface area contributed by atoms with Crippen LogP contribution in [0, 0.1) is 17.4 Å². The Morgan fingerprint density at radius 1 is 1.42 bits per heavy atom. The maximum atomic E-state index is 10.5. The van der Waals surface area contributed by atoms with Crippen molar-refractivity contribution in [2.45, 2.75) is 26.4 Å². The van der Waals surface area contributed by atoms with Gasteiger partial charge in [-0.15, -0.1) is 0 Å². The Kier molecular flexibility index (Phi) is 4.68. The van der Waals surface area contributed by atoms with E-state index in [9.17, 15) is 5.11 Å². The molecule has 0 spiro atoms. The van der Waals surface area contributed by atoms with Gasteiger partial charge in [-0.05, 0) is 63.5 Å². The van der Waals surface area contributed by atoms with E-state index in [1.807, 2.05) is 30.8 Å². The highest BCUT2D eigenvalue weighted by atomic mass is 127. The zero-order chi connectivity index (χ0) is 14.2. The van der Waals surface area contributed by atoms with Gasteiger partial charge in [-0.2, -0.15) is 5.10 Å². The van der Waals surface area contributed by atoms with Crippen molar-refractivity contribution >= 4 is 38.5 Å². The smallest absolute Gasteiger partial charge is 0.0856 e. The van der Waals surface area contributed by atoms with Crippen molar-refractivity contribution < 1.29 is 5.11 Å². The van der Waals surface area contributed by atoms with Gasteiger partial charge in [0.1, 0.15) is 0 Å². The Labute approximate surface area is 135 Å². The summed E-state index contributed by atoms with van der Waals surface area (Å²) in [5.74, 6) is 0. The molecular formula is C14H16BrIN2O. The molecule has 0 saturated heterocycles. The summed E-state index contributed by atoms with van der Waals surface area (Å²) in [6.45, 7) is 4.01. The summed E-state index contributed by atoms with van der Waals surface area (Å²) in [6, 6.07) is 6.03. The lowest BCUT2D eigenvalue weighted by molar-refractivity contribution is 0.174. The first-order valence-electron chi connectivity index (χ1n) is 6.03. The van der Waals surface area contributed by atoms with Crippen LogP contribution in [0.5, 0.6) is 0 Å². The summed E-state index contributed by atoms with van der Waals surface area (Å²) in [7, 11) is 1.90. The molecule has 1 heterocycles. The number of aryl methyl sites for hydroxylation is 3. The lowest BCUT2D eigenvalue weighted by Crippen LogP contribution is -2.08.